The maximum Gasteiger partial charge on any atom is 0.401 e. The van der Waals surface area contributed by atoms with E-state index in [1.54, 1.807) is 0 Å². The van der Waals surface area contributed by atoms with Gasteiger partial charge in [-0.05, 0) is 32.1 Å². The molecule has 0 spiro atoms. The molecule has 2 aliphatic rings. The Hall–Kier alpha value is -0.780. The average molecular weight is 519 g/mol. The Balaban J connectivity index is 0.00000392. The molecule has 3 N–H and O–H groups in total. The molecule has 2 fully saturated rings. The van der Waals surface area contributed by atoms with Crippen LogP contribution >= 0.6 is 24.0 Å². The highest BCUT2D eigenvalue weighted by atomic mass is 127. The highest BCUT2D eigenvalue weighted by molar-refractivity contribution is 14.0. The summed E-state index contributed by atoms with van der Waals surface area (Å²) in [6.45, 7) is 3.41. The summed E-state index contributed by atoms with van der Waals surface area (Å²) in [5, 5.41) is 9.20. The quantitative estimate of drug-likeness (QED) is 0.200. The number of nitrogens with one attached hydrogen (secondary N) is 3. The molecule has 1 unspecified atom stereocenters. The molecule has 1 atom stereocenters. The predicted molar refractivity (Wildman–Crippen MR) is 115 cm³/mol. The molecule has 0 aromatic carbocycles. The Morgan fingerprint density at radius 2 is 1.89 bits per heavy atom. The van der Waals surface area contributed by atoms with Crippen LogP contribution in [0.3, 0.4) is 0 Å². The van der Waals surface area contributed by atoms with Gasteiger partial charge in [-0.3, -0.25) is 14.7 Å². The van der Waals surface area contributed by atoms with E-state index in [0.29, 0.717) is 57.4 Å². The van der Waals surface area contributed by atoms with E-state index in [1.807, 2.05) is 6.92 Å². The number of carbonyl (C=O) groups excluding carboxylic acids is 1. The lowest BCUT2D eigenvalue weighted by atomic mass is 10.0. The lowest BCUT2D eigenvalue weighted by Gasteiger charge is -2.19. The molecule has 1 saturated heterocycles. The van der Waals surface area contributed by atoms with Gasteiger partial charge in [-0.15, -0.1) is 24.0 Å². The van der Waals surface area contributed by atoms with E-state index in [1.165, 1.54) is 17.7 Å². The lowest BCUT2D eigenvalue weighted by Crippen LogP contribution is -2.45. The van der Waals surface area contributed by atoms with Gasteiger partial charge in [0.25, 0.3) is 0 Å². The summed E-state index contributed by atoms with van der Waals surface area (Å²) in [5.74, 6) is 1.18. The first-order valence-corrected chi connectivity index (χ1v) is 9.96. The molecule has 0 radical (unpaired) electrons. The average Bonchev–Trinajstić information content (AvgIpc) is 3.22. The molecule has 1 aliphatic heterocycles. The molecule has 164 valence electrons. The minimum atomic E-state index is -4.16. The number of nitrogens with zero attached hydrogens (tertiary/aromatic N) is 2. The fourth-order valence-electron chi connectivity index (χ4n) is 3.77. The molecule has 1 saturated carbocycles. The van der Waals surface area contributed by atoms with Gasteiger partial charge in [0.05, 0.1) is 13.1 Å². The van der Waals surface area contributed by atoms with Crippen LogP contribution in [-0.4, -0.2) is 68.3 Å². The Morgan fingerprint density at radius 1 is 1.18 bits per heavy atom. The topological polar surface area (TPSA) is 68.8 Å². The van der Waals surface area contributed by atoms with Crippen LogP contribution < -0.4 is 16.0 Å². The van der Waals surface area contributed by atoms with Gasteiger partial charge < -0.3 is 16.0 Å². The largest absolute Gasteiger partial charge is 0.401 e. The highest BCUT2D eigenvalue weighted by Crippen LogP contribution is 2.27. The number of aliphatic imine (C=N–C) groups is 1. The number of halogens is 4. The standard InChI is InChI=1S/C18H32F3N5O.HI/c1-2-22-17(25-15-7-10-26(12-15)13-18(19,20)21)24-9-8-23-16(27)11-14-5-3-4-6-14;/h14-15H,2-13H2,1H3,(H,23,27)(H2,22,24,25);1H. The number of hydrogen-bond donors (Lipinski definition) is 3. The zero-order chi connectivity index (χ0) is 19.7. The number of likely N-dealkylation sites (tertiary alicyclic amines) is 1. The fraction of sp³-hybridized carbons (Fsp3) is 0.889. The number of alkyl halides is 3. The van der Waals surface area contributed by atoms with Crippen LogP contribution in [0.15, 0.2) is 4.99 Å². The summed E-state index contributed by atoms with van der Waals surface area (Å²) < 4.78 is 37.5. The van der Waals surface area contributed by atoms with E-state index < -0.39 is 12.7 Å². The van der Waals surface area contributed by atoms with Gasteiger partial charge in [-0.2, -0.15) is 13.2 Å². The van der Waals surface area contributed by atoms with E-state index >= 15 is 0 Å². The second-order valence-corrected chi connectivity index (χ2v) is 7.45. The maximum absolute atomic E-state index is 12.5. The Morgan fingerprint density at radius 3 is 2.54 bits per heavy atom. The van der Waals surface area contributed by atoms with Crippen molar-refractivity contribution in [2.45, 2.75) is 57.7 Å². The third-order valence-electron chi connectivity index (χ3n) is 5.01. The van der Waals surface area contributed by atoms with Crippen molar-refractivity contribution >= 4 is 35.8 Å². The predicted octanol–water partition coefficient (Wildman–Crippen LogP) is 2.49. The van der Waals surface area contributed by atoms with Gasteiger partial charge >= 0.3 is 6.18 Å². The molecule has 0 aromatic rings. The van der Waals surface area contributed by atoms with Crippen molar-refractivity contribution in [3.05, 3.63) is 0 Å². The Bertz CT molecular complexity index is 498. The molecule has 10 heteroatoms. The van der Waals surface area contributed by atoms with E-state index in [0.717, 1.165) is 12.8 Å². The van der Waals surface area contributed by atoms with E-state index in [2.05, 4.69) is 20.9 Å². The third kappa shape index (κ3) is 10.1. The van der Waals surface area contributed by atoms with E-state index in [9.17, 15) is 18.0 Å². The number of carbonyl (C=O) groups is 1. The highest BCUT2D eigenvalue weighted by Gasteiger charge is 2.34. The van der Waals surface area contributed by atoms with Crippen molar-refractivity contribution in [3.63, 3.8) is 0 Å². The molecular formula is C18H33F3IN5O. The SMILES string of the molecule is CCNC(=NCCNC(=O)CC1CCCC1)NC1CCN(CC(F)(F)F)C1.I. The van der Waals surface area contributed by atoms with Crippen LogP contribution in [0.2, 0.25) is 0 Å². The molecule has 0 aromatic heterocycles. The number of rotatable bonds is 8. The zero-order valence-electron chi connectivity index (χ0n) is 16.5. The van der Waals surface area contributed by atoms with E-state index in [-0.39, 0.29) is 35.9 Å². The smallest absolute Gasteiger partial charge is 0.357 e. The van der Waals surface area contributed by atoms with Gasteiger partial charge in [-0.1, -0.05) is 12.8 Å². The minimum Gasteiger partial charge on any atom is -0.357 e. The first-order chi connectivity index (χ1) is 12.9. The van der Waals surface area contributed by atoms with Crippen molar-refractivity contribution in [2.75, 3.05) is 39.3 Å². The van der Waals surface area contributed by atoms with Crippen LogP contribution in [0.1, 0.15) is 45.4 Å². The molecule has 2 rings (SSSR count). The van der Waals surface area contributed by atoms with Crippen molar-refractivity contribution in [1.82, 2.24) is 20.9 Å². The normalized spacial score (nSPS) is 21.4. The Labute approximate surface area is 182 Å². The number of amides is 1. The minimum absolute atomic E-state index is 0. The van der Waals surface area contributed by atoms with Crippen molar-refractivity contribution in [2.24, 2.45) is 10.9 Å². The molecule has 1 heterocycles. The Kier molecular flexibility index (Phi) is 11.5. The summed E-state index contributed by atoms with van der Waals surface area (Å²) in [7, 11) is 0. The molecule has 1 aliphatic carbocycles. The van der Waals surface area contributed by atoms with Gasteiger partial charge in [-0.25, -0.2) is 0 Å². The summed E-state index contributed by atoms with van der Waals surface area (Å²) >= 11 is 0. The third-order valence-corrected chi connectivity index (χ3v) is 5.01. The number of guanidine groups is 1. The van der Waals surface area contributed by atoms with Crippen molar-refractivity contribution in [3.8, 4) is 0 Å². The second kappa shape index (κ2) is 12.7. The maximum atomic E-state index is 12.5. The van der Waals surface area contributed by atoms with Crippen LogP contribution in [0, 0.1) is 5.92 Å². The van der Waals surface area contributed by atoms with Crippen LogP contribution in [0.5, 0.6) is 0 Å². The second-order valence-electron chi connectivity index (χ2n) is 7.45. The van der Waals surface area contributed by atoms with Crippen LogP contribution in [-0.2, 0) is 4.79 Å². The van der Waals surface area contributed by atoms with Crippen LogP contribution in [0.25, 0.3) is 0 Å². The summed E-state index contributed by atoms with van der Waals surface area (Å²) in [4.78, 5) is 17.7. The summed E-state index contributed by atoms with van der Waals surface area (Å²) in [6, 6.07) is -0.0536. The first-order valence-electron chi connectivity index (χ1n) is 9.96. The van der Waals surface area contributed by atoms with Gasteiger partial charge in [0, 0.05) is 38.6 Å². The first kappa shape index (κ1) is 25.3. The van der Waals surface area contributed by atoms with Gasteiger partial charge in [0.15, 0.2) is 5.96 Å². The molecule has 28 heavy (non-hydrogen) atoms. The summed E-state index contributed by atoms with van der Waals surface area (Å²) in [6.07, 6.45) is 1.82. The van der Waals surface area contributed by atoms with Crippen molar-refractivity contribution < 1.29 is 18.0 Å². The fourth-order valence-corrected chi connectivity index (χ4v) is 3.77. The molecule has 1 amide bonds. The molecule has 0 bridgehead atoms. The van der Waals surface area contributed by atoms with E-state index in [4.69, 9.17) is 0 Å². The van der Waals surface area contributed by atoms with Crippen molar-refractivity contribution in [1.29, 1.82) is 0 Å². The van der Waals surface area contributed by atoms with Crippen LogP contribution in [0.4, 0.5) is 13.2 Å². The summed E-state index contributed by atoms with van der Waals surface area (Å²) in [5.41, 5.74) is 0. The monoisotopic (exact) mass is 519 g/mol. The van der Waals surface area contributed by atoms with Gasteiger partial charge in [0.2, 0.25) is 5.91 Å². The molecular weight excluding hydrogens is 486 g/mol. The van der Waals surface area contributed by atoms with Gasteiger partial charge in [0.1, 0.15) is 0 Å². The lowest BCUT2D eigenvalue weighted by molar-refractivity contribution is -0.143. The number of hydrogen-bond acceptors (Lipinski definition) is 3. The zero-order valence-corrected chi connectivity index (χ0v) is 18.8. The molecule has 6 nitrogen and oxygen atoms in total.